The minimum absolute atomic E-state index is 0.341. The maximum atomic E-state index is 12.6. The number of ether oxygens (including phenoxy) is 2. The first-order valence-corrected chi connectivity index (χ1v) is 9.49. The smallest absolute Gasteiger partial charge is 0.338 e. The molecule has 0 saturated carbocycles. The molecule has 5 nitrogen and oxygen atoms in total. The first-order valence-electron chi connectivity index (χ1n) is 9.49. The summed E-state index contributed by atoms with van der Waals surface area (Å²) in [6, 6.07) is 19.2. The van der Waals surface area contributed by atoms with Crippen molar-refractivity contribution in [3.8, 4) is 5.75 Å². The molecule has 0 saturated heterocycles. The van der Waals surface area contributed by atoms with Crippen molar-refractivity contribution < 1.29 is 14.3 Å². The van der Waals surface area contributed by atoms with Crippen LogP contribution in [0.3, 0.4) is 0 Å². The number of methoxy groups -OCH3 is 1. The topological polar surface area (TPSA) is 51.7 Å². The summed E-state index contributed by atoms with van der Waals surface area (Å²) in [5.41, 5.74) is 2.85. The average Bonchev–Trinajstić information content (AvgIpc) is 2.71. The third kappa shape index (κ3) is 5.57. The molecule has 5 heteroatoms. The molecule has 0 unspecified atom stereocenters. The second-order valence-corrected chi connectivity index (χ2v) is 7.70. The van der Waals surface area contributed by atoms with E-state index < -0.39 is 5.60 Å². The Morgan fingerprint density at radius 2 is 1.72 bits per heavy atom. The van der Waals surface area contributed by atoms with E-state index in [2.05, 4.69) is 9.88 Å². The Bertz CT molecular complexity index is 965. The predicted octanol–water partition coefficient (Wildman–Crippen LogP) is 5.38. The molecule has 0 N–H and O–H groups in total. The number of nitrogens with zero attached hydrogens (tertiary/aromatic N) is 2. The molecule has 150 valence electrons. The van der Waals surface area contributed by atoms with Gasteiger partial charge < -0.3 is 14.4 Å². The molecule has 0 spiro atoms. The van der Waals surface area contributed by atoms with Crippen molar-refractivity contribution in [3.63, 3.8) is 0 Å². The van der Waals surface area contributed by atoms with Gasteiger partial charge >= 0.3 is 5.97 Å². The third-order valence-electron chi connectivity index (χ3n) is 4.22. The first kappa shape index (κ1) is 20.4. The molecule has 3 aromatic rings. The van der Waals surface area contributed by atoms with Crippen LogP contribution in [0.25, 0.3) is 0 Å². The molecule has 0 aliphatic carbocycles. The molecule has 0 bridgehead atoms. The standard InChI is InChI=1S/C24H26N2O3/c1-24(2,3)29-23(27)19-9-5-10-20(14-19)26(17-18-8-7-13-25-16-18)21-11-6-12-22(15-21)28-4/h5-16H,17H2,1-4H3. The average molecular weight is 390 g/mol. The maximum Gasteiger partial charge on any atom is 0.338 e. The van der Waals surface area contributed by atoms with Crippen molar-refractivity contribution in [2.45, 2.75) is 32.9 Å². The van der Waals surface area contributed by atoms with Crippen molar-refractivity contribution in [2.24, 2.45) is 0 Å². The third-order valence-corrected chi connectivity index (χ3v) is 4.22. The Labute approximate surface area is 171 Å². The predicted molar refractivity (Wildman–Crippen MR) is 115 cm³/mol. The number of anilines is 2. The van der Waals surface area contributed by atoms with Gasteiger partial charge in [0.1, 0.15) is 11.4 Å². The summed E-state index contributed by atoms with van der Waals surface area (Å²) in [5.74, 6) is 0.424. The Hall–Kier alpha value is -3.34. The van der Waals surface area contributed by atoms with Gasteiger partial charge in [0, 0.05) is 36.4 Å². The van der Waals surface area contributed by atoms with Crippen molar-refractivity contribution in [1.29, 1.82) is 0 Å². The Morgan fingerprint density at radius 3 is 2.38 bits per heavy atom. The van der Waals surface area contributed by atoms with Crippen molar-refractivity contribution >= 4 is 17.3 Å². The van der Waals surface area contributed by atoms with Crippen LogP contribution >= 0.6 is 0 Å². The van der Waals surface area contributed by atoms with Gasteiger partial charge in [0.25, 0.3) is 0 Å². The quantitative estimate of drug-likeness (QED) is 0.529. The minimum Gasteiger partial charge on any atom is -0.497 e. The highest BCUT2D eigenvalue weighted by atomic mass is 16.6. The fourth-order valence-corrected chi connectivity index (χ4v) is 2.92. The van der Waals surface area contributed by atoms with Crippen LogP contribution in [0.1, 0.15) is 36.7 Å². The molecule has 1 heterocycles. The summed E-state index contributed by atoms with van der Waals surface area (Å²) in [6.45, 7) is 6.18. The van der Waals surface area contributed by atoms with E-state index in [0.717, 1.165) is 22.7 Å². The number of pyridine rings is 1. The van der Waals surface area contributed by atoms with Crippen LogP contribution in [0, 0.1) is 0 Å². The maximum absolute atomic E-state index is 12.6. The lowest BCUT2D eigenvalue weighted by Crippen LogP contribution is -2.24. The molecule has 29 heavy (non-hydrogen) atoms. The van der Waals surface area contributed by atoms with Gasteiger partial charge in [-0.25, -0.2) is 4.79 Å². The van der Waals surface area contributed by atoms with Gasteiger partial charge in [0.2, 0.25) is 0 Å². The van der Waals surface area contributed by atoms with Crippen LogP contribution in [-0.4, -0.2) is 23.7 Å². The summed E-state index contributed by atoms with van der Waals surface area (Å²) in [6.07, 6.45) is 3.59. The summed E-state index contributed by atoms with van der Waals surface area (Å²) in [7, 11) is 1.65. The van der Waals surface area contributed by atoms with E-state index in [4.69, 9.17) is 9.47 Å². The summed E-state index contributed by atoms with van der Waals surface area (Å²) >= 11 is 0. The van der Waals surface area contributed by atoms with Crippen LogP contribution in [0.15, 0.2) is 73.1 Å². The molecule has 0 atom stereocenters. The second kappa shape index (κ2) is 8.78. The van der Waals surface area contributed by atoms with E-state index in [0.29, 0.717) is 12.1 Å². The molecule has 1 aromatic heterocycles. The number of esters is 1. The number of hydrogen-bond acceptors (Lipinski definition) is 5. The number of benzene rings is 2. The first-order chi connectivity index (χ1) is 13.9. The van der Waals surface area contributed by atoms with Gasteiger partial charge in [0.05, 0.1) is 12.7 Å². The Balaban J connectivity index is 1.99. The lowest BCUT2D eigenvalue weighted by atomic mass is 10.1. The molecular formula is C24H26N2O3. The van der Waals surface area contributed by atoms with Crippen LogP contribution in [0.5, 0.6) is 5.75 Å². The molecular weight excluding hydrogens is 364 g/mol. The largest absolute Gasteiger partial charge is 0.497 e. The number of rotatable bonds is 6. The van der Waals surface area contributed by atoms with Crippen LogP contribution in [0.2, 0.25) is 0 Å². The van der Waals surface area contributed by atoms with Gasteiger partial charge in [-0.15, -0.1) is 0 Å². The number of aromatic nitrogens is 1. The summed E-state index contributed by atoms with van der Waals surface area (Å²) in [5, 5.41) is 0. The SMILES string of the molecule is COc1cccc(N(Cc2cccnc2)c2cccc(C(=O)OC(C)(C)C)c2)c1. The lowest BCUT2D eigenvalue weighted by molar-refractivity contribution is 0.00695. The van der Waals surface area contributed by atoms with E-state index in [1.54, 1.807) is 19.4 Å². The van der Waals surface area contributed by atoms with Gasteiger partial charge in [-0.3, -0.25) is 4.98 Å². The zero-order valence-corrected chi connectivity index (χ0v) is 17.3. The van der Waals surface area contributed by atoms with Gasteiger partial charge in [-0.1, -0.05) is 18.2 Å². The van der Waals surface area contributed by atoms with Gasteiger partial charge in [-0.05, 0) is 62.7 Å². The molecule has 0 aliphatic rings. The molecule has 0 amide bonds. The number of carbonyl (C=O) groups excluding carboxylic acids is 1. The van der Waals surface area contributed by atoms with E-state index in [9.17, 15) is 4.79 Å². The van der Waals surface area contributed by atoms with Crippen molar-refractivity contribution in [2.75, 3.05) is 12.0 Å². The normalized spacial score (nSPS) is 11.0. The second-order valence-electron chi connectivity index (χ2n) is 7.70. The van der Waals surface area contributed by atoms with Gasteiger partial charge in [-0.2, -0.15) is 0 Å². The highest BCUT2D eigenvalue weighted by Gasteiger charge is 2.19. The monoisotopic (exact) mass is 390 g/mol. The molecule has 2 aromatic carbocycles. The van der Waals surface area contributed by atoms with Crippen LogP contribution in [-0.2, 0) is 11.3 Å². The minimum atomic E-state index is -0.546. The lowest BCUT2D eigenvalue weighted by Gasteiger charge is -2.26. The molecule has 0 aliphatic heterocycles. The summed E-state index contributed by atoms with van der Waals surface area (Å²) < 4.78 is 10.9. The molecule has 0 radical (unpaired) electrons. The van der Waals surface area contributed by atoms with E-state index in [1.165, 1.54) is 0 Å². The number of hydrogen-bond donors (Lipinski definition) is 0. The zero-order chi connectivity index (χ0) is 20.9. The molecule has 0 fully saturated rings. The Morgan fingerprint density at radius 1 is 1.00 bits per heavy atom. The van der Waals surface area contributed by atoms with Crippen LogP contribution in [0.4, 0.5) is 11.4 Å². The van der Waals surface area contributed by atoms with Crippen molar-refractivity contribution in [1.82, 2.24) is 4.98 Å². The Kier molecular flexibility index (Phi) is 6.17. The van der Waals surface area contributed by atoms with Crippen molar-refractivity contribution in [3.05, 3.63) is 84.2 Å². The fourth-order valence-electron chi connectivity index (χ4n) is 2.92. The van der Waals surface area contributed by atoms with E-state index in [-0.39, 0.29) is 5.97 Å². The molecule has 3 rings (SSSR count). The van der Waals surface area contributed by atoms with E-state index >= 15 is 0 Å². The number of carbonyl (C=O) groups is 1. The van der Waals surface area contributed by atoms with E-state index in [1.807, 2.05) is 81.6 Å². The van der Waals surface area contributed by atoms with Gasteiger partial charge in [0.15, 0.2) is 0 Å². The highest BCUT2D eigenvalue weighted by Crippen LogP contribution is 2.31. The van der Waals surface area contributed by atoms with Crippen LogP contribution < -0.4 is 9.64 Å². The highest BCUT2D eigenvalue weighted by molar-refractivity contribution is 5.91. The summed E-state index contributed by atoms with van der Waals surface area (Å²) in [4.78, 5) is 18.9. The zero-order valence-electron chi connectivity index (χ0n) is 17.3. The fraction of sp³-hybridized carbons (Fsp3) is 0.250.